The van der Waals surface area contributed by atoms with Gasteiger partial charge in [-0.3, -0.25) is 28.9 Å². The molecular weight excluding hydrogens is 370 g/mol. The molecule has 12 heteroatoms. The Labute approximate surface area is 151 Å². The molecule has 10 nitrogen and oxygen atoms in total. The number of nitrogens with two attached hydrogens (primary N) is 1. The summed E-state index contributed by atoms with van der Waals surface area (Å²) < 4.78 is 20.9. The molecule has 0 aliphatic heterocycles. The maximum absolute atomic E-state index is 12.3. The molecule has 3 amide bonds. The van der Waals surface area contributed by atoms with Gasteiger partial charge >= 0.3 is 0 Å². The van der Waals surface area contributed by atoms with Crippen molar-refractivity contribution < 1.29 is 23.5 Å². The lowest BCUT2D eigenvalue weighted by molar-refractivity contribution is -0.124. The number of aliphatic imine (C=N–C) groups is 1. The van der Waals surface area contributed by atoms with Crippen LogP contribution in [-0.4, -0.2) is 42.9 Å². The van der Waals surface area contributed by atoms with Gasteiger partial charge in [0.25, 0.3) is 5.91 Å². The van der Waals surface area contributed by atoms with Crippen molar-refractivity contribution in [2.75, 3.05) is 0 Å². The largest absolute Gasteiger partial charge is 0.378 e. The van der Waals surface area contributed by atoms with Crippen molar-refractivity contribution in [1.82, 2.24) is 10.0 Å². The van der Waals surface area contributed by atoms with E-state index in [9.17, 15) is 23.5 Å². The van der Waals surface area contributed by atoms with Gasteiger partial charge in [0.2, 0.25) is 16.7 Å². The van der Waals surface area contributed by atoms with Crippen molar-refractivity contribution >= 4 is 50.3 Å². The molecular formula is C13H21N5O5S2. The van der Waals surface area contributed by atoms with Crippen LogP contribution in [0.15, 0.2) is 29.8 Å². The average molecular weight is 391 g/mol. The molecule has 0 radical (unpaired) electrons. The zero-order valence-corrected chi connectivity index (χ0v) is 15.3. The van der Waals surface area contributed by atoms with Gasteiger partial charge in [0.05, 0.1) is 0 Å². The minimum absolute atomic E-state index is 0.278. The Balaban J connectivity index is 5.21. The van der Waals surface area contributed by atoms with Gasteiger partial charge in [0.15, 0.2) is 5.17 Å². The van der Waals surface area contributed by atoms with Crippen LogP contribution in [0.4, 0.5) is 0 Å². The first-order valence-corrected chi connectivity index (χ1v) is 9.04. The molecule has 140 valence electrons. The third-order valence-corrected chi connectivity index (χ3v) is 5.28. The van der Waals surface area contributed by atoms with Crippen LogP contribution in [0.1, 0.15) is 13.8 Å². The van der Waals surface area contributed by atoms with Gasteiger partial charge in [-0.2, -0.15) is 4.99 Å². The number of carbonyl (C=O) groups is 3. The van der Waals surface area contributed by atoms with Crippen LogP contribution in [0, 0.1) is 11.3 Å². The predicted molar refractivity (Wildman–Crippen MR) is 100 cm³/mol. The first kappa shape index (κ1) is 22.9. The van der Waals surface area contributed by atoms with Crippen LogP contribution in [-0.2, 0) is 14.4 Å². The minimum atomic E-state index is -4.06. The van der Waals surface area contributed by atoms with E-state index in [0.29, 0.717) is 17.3 Å². The Morgan fingerprint density at radius 3 is 2.44 bits per heavy atom. The Morgan fingerprint density at radius 1 is 1.44 bits per heavy atom. The third kappa shape index (κ3) is 7.51. The molecule has 0 aromatic rings. The van der Waals surface area contributed by atoms with Crippen molar-refractivity contribution in [3.8, 4) is 0 Å². The second-order valence-corrected chi connectivity index (χ2v) is 7.70. The molecule has 7 N–H and O–H groups in total. The lowest BCUT2D eigenvalue weighted by Gasteiger charge is -2.34. The number of amides is 3. The normalized spacial score (nSPS) is 14.6. The molecule has 1 unspecified atom stereocenters. The minimum Gasteiger partial charge on any atom is -0.378 e. The van der Waals surface area contributed by atoms with Gasteiger partial charge in [0.1, 0.15) is 6.04 Å². The van der Waals surface area contributed by atoms with Crippen LogP contribution < -0.4 is 15.8 Å². The summed E-state index contributed by atoms with van der Waals surface area (Å²) in [5.41, 5.74) is 5.80. The van der Waals surface area contributed by atoms with Crippen LogP contribution in [0.5, 0.6) is 0 Å². The van der Waals surface area contributed by atoms with Crippen molar-refractivity contribution in [2.24, 2.45) is 16.6 Å². The van der Waals surface area contributed by atoms with Crippen molar-refractivity contribution in [1.29, 1.82) is 5.41 Å². The van der Waals surface area contributed by atoms with Gasteiger partial charge in [-0.1, -0.05) is 42.5 Å². The lowest BCUT2D eigenvalue weighted by Crippen LogP contribution is -2.49. The molecule has 0 bridgehead atoms. The van der Waals surface area contributed by atoms with E-state index < -0.39 is 38.9 Å². The number of nitrogens with zero attached hydrogens (tertiary/aromatic N) is 1. The molecule has 0 aromatic carbocycles. The van der Waals surface area contributed by atoms with Crippen LogP contribution in [0.2, 0.25) is 0 Å². The fourth-order valence-electron chi connectivity index (χ4n) is 1.50. The van der Waals surface area contributed by atoms with Crippen molar-refractivity contribution in [3.05, 3.63) is 24.8 Å². The molecule has 0 rings (SSSR count). The Hall–Kier alpha value is -2.15. The summed E-state index contributed by atoms with van der Waals surface area (Å²) in [4.78, 5) is 37.1. The number of thioether (sulfide) groups is 1. The molecule has 0 fully saturated rings. The Kier molecular flexibility index (Phi) is 9.12. The number of allylic oxidation sites excluding steroid dienone is 1. The van der Waals surface area contributed by atoms with E-state index in [4.69, 9.17) is 11.1 Å². The highest BCUT2D eigenvalue weighted by Gasteiger charge is 2.31. The monoisotopic (exact) mass is 391 g/mol. The van der Waals surface area contributed by atoms with Gasteiger partial charge in [-0.15, -0.1) is 0 Å². The maximum Gasteiger partial charge on any atom is 0.261 e. The summed E-state index contributed by atoms with van der Waals surface area (Å²) in [6.07, 6.45) is 1.67. The molecule has 0 aromatic heterocycles. The van der Waals surface area contributed by atoms with E-state index in [0.717, 1.165) is 6.92 Å². The zero-order valence-electron chi connectivity index (χ0n) is 13.7. The van der Waals surface area contributed by atoms with Crippen LogP contribution in [0.3, 0.4) is 0 Å². The molecule has 2 atom stereocenters. The fraction of sp³-hybridized carbons (Fsp3) is 0.308. The number of hydrogen-bond donors (Lipinski definition) is 6. The first-order chi connectivity index (χ1) is 11.5. The van der Waals surface area contributed by atoms with Crippen LogP contribution >= 0.6 is 22.5 Å². The number of rotatable bonds is 6. The second-order valence-electron chi connectivity index (χ2n) is 4.70. The van der Waals surface area contributed by atoms with Gasteiger partial charge < -0.3 is 11.1 Å². The maximum atomic E-state index is 12.3. The average Bonchev–Trinajstić information content (AvgIpc) is 2.49. The van der Waals surface area contributed by atoms with Crippen molar-refractivity contribution in [2.45, 2.75) is 19.9 Å². The summed E-state index contributed by atoms with van der Waals surface area (Å²) >= 11 is 0.310. The fourth-order valence-corrected chi connectivity index (χ4v) is 3.21. The summed E-state index contributed by atoms with van der Waals surface area (Å²) in [5.74, 6) is -2.18. The summed E-state index contributed by atoms with van der Waals surface area (Å²) in [6, 6.07) is -1.17. The smallest absolute Gasteiger partial charge is 0.261 e. The number of hydrogen-bond acceptors (Lipinski definition) is 7. The molecule has 25 heavy (non-hydrogen) atoms. The Morgan fingerprint density at radius 2 is 2.00 bits per heavy atom. The van der Waals surface area contributed by atoms with E-state index in [1.54, 1.807) is 6.92 Å². The van der Waals surface area contributed by atoms with E-state index >= 15 is 0 Å². The predicted octanol–water partition coefficient (Wildman–Crippen LogP) is 0.790. The molecule has 0 spiro atoms. The highest BCUT2D eigenvalue weighted by Crippen LogP contribution is 2.40. The highest BCUT2D eigenvalue weighted by molar-refractivity contribution is 8.54. The van der Waals surface area contributed by atoms with E-state index in [2.05, 4.69) is 23.5 Å². The molecule has 0 heterocycles. The van der Waals surface area contributed by atoms with E-state index in [1.165, 1.54) is 6.08 Å². The summed E-state index contributed by atoms with van der Waals surface area (Å²) in [6.45, 7) is 9.89. The summed E-state index contributed by atoms with van der Waals surface area (Å²) in [5, 5.41) is 9.48. The third-order valence-electron chi connectivity index (χ3n) is 2.84. The Bertz CT molecular complexity index is 620. The van der Waals surface area contributed by atoms with Crippen LogP contribution in [0.25, 0.3) is 0 Å². The lowest BCUT2D eigenvalue weighted by atomic mass is 9.94. The summed E-state index contributed by atoms with van der Waals surface area (Å²) in [7, 11) is -4.06. The number of nitrogens with one attached hydrogen (secondary N) is 3. The molecule has 0 aliphatic carbocycles. The van der Waals surface area contributed by atoms with E-state index in [-0.39, 0.29) is 11.6 Å². The quantitative estimate of drug-likeness (QED) is 0.168. The second kappa shape index (κ2) is 9.98. The molecule has 0 saturated carbocycles. The SMILES string of the molecule is C=CC(=C)[C@H](C)C(NC=O)C(=O)NS(O)(O)C(=N)SC(N)=NC(C)=O. The standard InChI is InChI=1S/C13H21N5O5S2/c1-5-7(2)8(3)10(16-6-19)11(21)18-25(22,23)13(15)24-12(14)17-9(4)20/h5-6,8,10,15,22-23H,1-2H2,3-4H3,(H,16,19)(H,18,21)(H2,14,17,20)/t8-,10?/m0/s1. The highest BCUT2D eigenvalue weighted by atomic mass is 32.3. The zero-order chi connectivity index (χ0) is 19.8. The molecule has 0 saturated heterocycles. The van der Waals surface area contributed by atoms with Gasteiger partial charge in [0, 0.05) is 12.8 Å². The van der Waals surface area contributed by atoms with Gasteiger partial charge in [-0.25, -0.2) is 4.72 Å². The van der Waals surface area contributed by atoms with Gasteiger partial charge in [-0.05, 0) is 11.8 Å². The van der Waals surface area contributed by atoms with Crippen molar-refractivity contribution in [3.63, 3.8) is 0 Å². The molecule has 0 aliphatic rings. The van der Waals surface area contributed by atoms with E-state index in [1.807, 2.05) is 4.72 Å². The first-order valence-electron chi connectivity index (χ1n) is 6.68. The topological polar surface area (TPSA) is 178 Å². The number of carbonyl (C=O) groups excluding carboxylic acids is 3. The number of amidine groups is 1.